The second kappa shape index (κ2) is 28.0. The zero-order chi connectivity index (χ0) is 69.2. The van der Waals surface area contributed by atoms with E-state index in [-0.39, 0.29) is 91.6 Å². The quantitative estimate of drug-likeness (QED) is 0.0796. The molecule has 2 aromatic carbocycles. The van der Waals surface area contributed by atoms with Gasteiger partial charge in [0.2, 0.25) is 0 Å². The first-order valence-corrected chi connectivity index (χ1v) is 33.5. The number of azo groups is 1. The third kappa shape index (κ3) is 17.5. The predicted molar refractivity (Wildman–Crippen MR) is 376 cm³/mol. The van der Waals surface area contributed by atoms with Gasteiger partial charge in [-0.05, 0) is 155 Å². The highest BCUT2D eigenvalue weighted by molar-refractivity contribution is 6.14. The normalized spacial score (nSPS) is 23.1. The van der Waals surface area contributed by atoms with Gasteiger partial charge in [-0.3, -0.25) is 19.2 Å². The number of esters is 2. The van der Waals surface area contributed by atoms with Crippen molar-refractivity contribution >= 4 is 46.4 Å². The van der Waals surface area contributed by atoms with Gasteiger partial charge in [0.05, 0.1) is 22.5 Å². The van der Waals surface area contributed by atoms with Crippen LogP contribution in [0.25, 0.3) is 0 Å². The summed E-state index contributed by atoms with van der Waals surface area (Å²) in [5.74, 6) is -1.19. The molecular formula is C80H102N6O8. The first-order valence-electron chi connectivity index (χ1n) is 33.5. The van der Waals surface area contributed by atoms with Crippen molar-refractivity contribution in [2.45, 2.75) is 214 Å². The lowest BCUT2D eigenvalue weighted by Gasteiger charge is -2.33. The van der Waals surface area contributed by atoms with E-state index < -0.39 is 22.8 Å². The number of nitrogens with one attached hydrogen (secondary N) is 4. The van der Waals surface area contributed by atoms with Crippen LogP contribution < -0.4 is 21.3 Å². The number of allylic oxidation sites excluding steroid dienone is 18. The van der Waals surface area contributed by atoms with Gasteiger partial charge in [0, 0.05) is 93.6 Å². The van der Waals surface area contributed by atoms with Gasteiger partial charge in [0.1, 0.15) is 11.5 Å². The smallest absolute Gasteiger partial charge is 0.343 e. The molecule has 0 amide bonds. The molecule has 94 heavy (non-hydrogen) atoms. The lowest BCUT2D eigenvalue weighted by molar-refractivity contribution is -0.113. The van der Waals surface area contributed by atoms with E-state index in [1.54, 1.807) is 73.1 Å². The summed E-state index contributed by atoms with van der Waals surface area (Å²) in [6, 6.07) is 9.87. The van der Waals surface area contributed by atoms with Gasteiger partial charge in [-0.2, -0.15) is 10.2 Å². The maximum absolute atomic E-state index is 14.2. The maximum atomic E-state index is 14.2. The van der Waals surface area contributed by atoms with Crippen molar-refractivity contribution in [1.29, 1.82) is 0 Å². The first kappa shape index (κ1) is 71.6. The second-order valence-electron chi connectivity index (χ2n) is 32.4. The Morgan fingerprint density at radius 2 is 0.649 bits per heavy atom. The lowest BCUT2D eigenvalue weighted by Crippen LogP contribution is -2.47. The Labute approximate surface area is 559 Å². The van der Waals surface area contributed by atoms with Crippen LogP contribution in [0.15, 0.2) is 187 Å². The highest BCUT2D eigenvalue weighted by atomic mass is 16.5. The molecule has 2 fully saturated rings. The molecule has 0 bridgehead atoms. The number of hydrogen-bond donors (Lipinski definition) is 4. The summed E-state index contributed by atoms with van der Waals surface area (Å²) in [4.78, 5) is 84.3. The lowest BCUT2D eigenvalue weighted by atomic mass is 9.73. The standard InChI is InChI=1S/C80H102N6O8/c1-47-29-31-49(73(91)93-57-35-53(71(89)61(41-57)79(15,16)17)45-83-65-27-23-21-25-63(65)81-43-51-33-55(75(3,4)5)39-59(69(51)87)77(9,10)11)37-67(47)85-86-68-38-50(32-30-48(68)2)74(92)94-58-36-54(72(90)62(42-58)80(18,19)20)46-84-66-28-24-22-26-64(66)82-44-52-34-56(76(6,7)8)40-60(70(52)88)78(12,13)14/h29-46,63-66,81-84H,21-28H2,1-20H3. The molecule has 4 N–H and O–H groups in total. The Hall–Kier alpha value is -8.26. The van der Waals surface area contributed by atoms with Crippen LogP contribution in [0.5, 0.6) is 0 Å². The van der Waals surface area contributed by atoms with Crippen molar-refractivity contribution in [2.75, 3.05) is 0 Å². The van der Waals surface area contributed by atoms with Crippen LogP contribution in [0.2, 0.25) is 0 Å². The molecule has 4 atom stereocenters. The van der Waals surface area contributed by atoms with Gasteiger partial charge in [0.25, 0.3) is 0 Å². The zero-order valence-corrected chi connectivity index (χ0v) is 59.5. The molecule has 14 nitrogen and oxygen atoms in total. The molecule has 6 aliphatic rings. The van der Waals surface area contributed by atoms with Crippen molar-refractivity contribution in [3.8, 4) is 0 Å². The highest BCUT2D eigenvalue weighted by Crippen LogP contribution is 2.42. The van der Waals surface area contributed by atoms with E-state index in [4.69, 9.17) is 9.47 Å². The average molecular weight is 1280 g/mol. The number of ether oxygens (including phenoxy) is 2. The van der Waals surface area contributed by atoms with Gasteiger partial charge in [-0.1, -0.05) is 175 Å². The molecular weight excluding hydrogens is 1170 g/mol. The number of carbonyl (C=O) groups excluding carboxylic acids is 6. The maximum Gasteiger partial charge on any atom is 0.343 e. The SMILES string of the molecule is Cc1ccc(C(=O)OC2=CC(=CNC3CCCCC3NC=C3C=C(C(C)(C)C)C=C(C(C)(C)C)C3=O)C(=O)C(C(C)(C)C)=C2)cc1N=Nc1cc(C(=O)OC2=CC(=CNC3CCCCC3NC=C3C=C(C(C)(C)C)C=C(C(C)(C)C)C3=O)C(=O)C(C(C)(C)C)=C2)ccc1C. The van der Waals surface area contributed by atoms with E-state index in [2.05, 4.69) is 127 Å². The fourth-order valence-corrected chi connectivity index (χ4v) is 12.2. The molecule has 0 aromatic heterocycles. The topological polar surface area (TPSA) is 194 Å². The zero-order valence-electron chi connectivity index (χ0n) is 59.5. The number of rotatable bonds is 14. The van der Waals surface area contributed by atoms with Crippen molar-refractivity contribution < 1.29 is 38.2 Å². The van der Waals surface area contributed by atoms with Crippen LogP contribution in [0, 0.1) is 46.3 Å². The molecule has 0 aliphatic heterocycles. The number of carbonyl (C=O) groups is 6. The Bertz CT molecular complexity index is 3590. The predicted octanol–water partition coefficient (Wildman–Crippen LogP) is 17.5. The van der Waals surface area contributed by atoms with Crippen molar-refractivity contribution in [2.24, 2.45) is 42.7 Å². The van der Waals surface area contributed by atoms with E-state index >= 15 is 0 Å². The summed E-state index contributed by atoms with van der Waals surface area (Å²) in [5, 5.41) is 23.5. The van der Waals surface area contributed by atoms with Crippen LogP contribution in [-0.2, 0) is 28.7 Å². The summed E-state index contributed by atoms with van der Waals surface area (Å²) < 4.78 is 12.2. The number of ketones is 4. The number of benzene rings is 2. The molecule has 2 aromatic rings. The minimum absolute atomic E-state index is 0.0184. The number of aryl methyl sites for hydroxylation is 2. The fraction of sp³-hybridized carbons (Fsp3) is 0.475. The molecule has 0 radical (unpaired) electrons. The van der Waals surface area contributed by atoms with E-state index in [0.717, 1.165) is 84.8 Å². The molecule has 6 aliphatic carbocycles. The fourth-order valence-electron chi connectivity index (χ4n) is 12.2. The van der Waals surface area contributed by atoms with Gasteiger partial charge in [-0.15, -0.1) is 0 Å². The van der Waals surface area contributed by atoms with Crippen molar-refractivity contribution in [3.63, 3.8) is 0 Å². The Morgan fingerprint density at radius 3 is 0.915 bits per heavy atom. The van der Waals surface area contributed by atoms with Crippen LogP contribution in [0.3, 0.4) is 0 Å². The number of hydrogen-bond acceptors (Lipinski definition) is 14. The summed E-state index contributed by atoms with van der Waals surface area (Å²) in [6.45, 7) is 40.7. The highest BCUT2D eigenvalue weighted by Gasteiger charge is 2.37. The molecule has 4 unspecified atom stereocenters. The molecule has 500 valence electrons. The van der Waals surface area contributed by atoms with Gasteiger partial charge in [0.15, 0.2) is 23.1 Å². The number of nitrogens with zero attached hydrogens (tertiary/aromatic N) is 2. The van der Waals surface area contributed by atoms with Crippen molar-refractivity contribution in [1.82, 2.24) is 21.3 Å². The van der Waals surface area contributed by atoms with Gasteiger partial charge >= 0.3 is 11.9 Å². The summed E-state index contributed by atoms with van der Waals surface area (Å²) in [5.41, 5.74) is 7.28. The molecule has 0 heterocycles. The van der Waals surface area contributed by atoms with E-state index in [1.807, 2.05) is 79.9 Å². The summed E-state index contributed by atoms with van der Waals surface area (Å²) >= 11 is 0. The molecule has 0 saturated heterocycles. The van der Waals surface area contributed by atoms with E-state index in [9.17, 15) is 28.8 Å². The van der Waals surface area contributed by atoms with Gasteiger partial charge in [-0.25, -0.2) is 9.59 Å². The average Bonchev–Trinajstić information content (AvgIpc) is 0.813. The minimum Gasteiger partial charge on any atom is -0.423 e. The second-order valence-corrected chi connectivity index (χ2v) is 32.4. The van der Waals surface area contributed by atoms with Crippen LogP contribution >= 0.6 is 0 Å². The molecule has 8 rings (SSSR count). The Kier molecular flexibility index (Phi) is 21.3. The van der Waals surface area contributed by atoms with E-state index in [1.165, 1.54) is 0 Å². The van der Waals surface area contributed by atoms with Crippen LogP contribution in [0.4, 0.5) is 11.4 Å². The molecule has 14 heteroatoms. The summed E-state index contributed by atoms with van der Waals surface area (Å²) in [6.07, 6.45) is 29.2. The van der Waals surface area contributed by atoms with Crippen LogP contribution in [-0.4, -0.2) is 59.2 Å². The Morgan fingerprint density at radius 1 is 0.383 bits per heavy atom. The molecule has 0 spiro atoms. The van der Waals surface area contributed by atoms with Crippen molar-refractivity contribution in [3.05, 3.63) is 199 Å². The third-order valence-electron chi connectivity index (χ3n) is 18.3. The monoisotopic (exact) mass is 1270 g/mol. The summed E-state index contributed by atoms with van der Waals surface area (Å²) in [7, 11) is 0. The largest absolute Gasteiger partial charge is 0.423 e. The number of Topliss-reactive ketones (excluding diaryl/α,β-unsaturated/α-hetero) is 4. The first-order chi connectivity index (χ1) is 43.7. The van der Waals surface area contributed by atoms with Gasteiger partial charge < -0.3 is 30.7 Å². The van der Waals surface area contributed by atoms with Crippen LogP contribution in [0.1, 0.15) is 208 Å². The molecule has 2 saturated carbocycles. The third-order valence-corrected chi connectivity index (χ3v) is 18.3. The minimum atomic E-state index is -0.655. The Balaban J connectivity index is 0.964. The van der Waals surface area contributed by atoms with E-state index in [0.29, 0.717) is 44.8 Å².